The molecule has 0 aromatic rings. The second kappa shape index (κ2) is 2.48. The van der Waals surface area contributed by atoms with Crippen LogP contribution in [0.25, 0.3) is 0 Å². The van der Waals surface area contributed by atoms with Crippen LogP contribution in [-0.2, 0) is 4.79 Å². The lowest BCUT2D eigenvalue weighted by Crippen LogP contribution is -2.58. The predicted molar refractivity (Wildman–Crippen MR) is 48.4 cm³/mol. The molecule has 0 bridgehead atoms. The number of likely N-dealkylation sites (N-methyl/N-ethyl adjacent to an activating group) is 1. The van der Waals surface area contributed by atoms with Crippen molar-refractivity contribution in [3.05, 3.63) is 0 Å². The number of fused-ring (bicyclic) bond motifs is 1. The predicted octanol–water partition coefficient (Wildman–Crippen LogP) is -0.930. The van der Waals surface area contributed by atoms with Gasteiger partial charge in [0.1, 0.15) is 17.7 Å². The van der Waals surface area contributed by atoms with E-state index in [1.54, 1.807) is 4.90 Å². The Morgan fingerprint density at radius 2 is 2.50 bits per heavy atom. The number of rotatable bonds is 0. The largest absolute Gasteiger partial charge is 0.332 e. The Hall–Kier alpha value is -1.04. The number of hydrogen-bond donors (Lipinski definition) is 2. The lowest BCUT2D eigenvalue weighted by Gasteiger charge is -2.33. The maximum atomic E-state index is 11.3. The Balaban J connectivity index is 2.31. The highest BCUT2D eigenvalue weighted by Gasteiger charge is 2.36. The number of hydrogen-bond acceptors (Lipinski definition) is 5. The van der Waals surface area contributed by atoms with Crippen LogP contribution < -0.4 is 5.32 Å². The Bertz CT molecular complexity index is 287. The van der Waals surface area contributed by atoms with Gasteiger partial charge in [-0.05, 0) is 0 Å². The first kappa shape index (κ1) is 7.60. The molecule has 0 unspecified atom stereocenters. The van der Waals surface area contributed by atoms with Crippen LogP contribution in [0.1, 0.15) is 0 Å². The van der Waals surface area contributed by atoms with Crippen molar-refractivity contribution >= 4 is 30.7 Å². The molecule has 2 aliphatic rings. The molecule has 6 heteroatoms. The zero-order chi connectivity index (χ0) is 8.72. The van der Waals surface area contributed by atoms with Gasteiger partial charge in [-0.25, -0.2) is 4.99 Å². The van der Waals surface area contributed by atoms with E-state index in [1.165, 1.54) is 6.34 Å². The van der Waals surface area contributed by atoms with Gasteiger partial charge in [-0.3, -0.25) is 9.79 Å². The fourth-order valence-electron chi connectivity index (χ4n) is 1.19. The standard InChI is InChI=1S/C6H8N4OS/c1-10-4-3(7-2-8-4)5(11)9-6(10)12/h2-3,6,12H,1H3,(H,9,11)/t3-,6-/m0/s1. The second-order valence-corrected chi connectivity index (χ2v) is 3.14. The molecule has 5 nitrogen and oxygen atoms in total. The van der Waals surface area contributed by atoms with Crippen LogP contribution in [-0.4, -0.2) is 41.6 Å². The van der Waals surface area contributed by atoms with E-state index in [0.717, 1.165) is 0 Å². The molecule has 64 valence electrons. The number of nitrogens with one attached hydrogen (secondary N) is 1. The molecule has 1 N–H and O–H groups in total. The van der Waals surface area contributed by atoms with Crippen molar-refractivity contribution < 1.29 is 4.79 Å². The van der Waals surface area contributed by atoms with Crippen LogP contribution in [0.15, 0.2) is 9.98 Å². The first-order chi connectivity index (χ1) is 5.70. The molecule has 1 saturated heterocycles. The third-order valence-electron chi connectivity index (χ3n) is 1.90. The molecular weight excluding hydrogens is 176 g/mol. The Morgan fingerprint density at radius 3 is 3.25 bits per heavy atom. The lowest BCUT2D eigenvalue weighted by molar-refractivity contribution is -0.122. The molecule has 0 spiro atoms. The summed E-state index contributed by atoms with van der Waals surface area (Å²) in [5.74, 6) is 0.527. The average molecular weight is 184 g/mol. The van der Waals surface area contributed by atoms with Crippen molar-refractivity contribution in [3.63, 3.8) is 0 Å². The van der Waals surface area contributed by atoms with E-state index in [2.05, 4.69) is 27.9 Å². The summed E-state index contributed by atoms with van der Waals surface area (Å²) in [7, 11) is 1.82. The monoisotopic (exact) mass is 184 g/mol. The summed E-state index contributed by atoms with van der Waals surface area (Å²) >= 11 is 4.15. The fraction of sp³-hybridized carbons (Fsp3) is 0.500. The third-order valence-corrected chi connectivity index (χ3v) is 2.37. The van der Waals surface area contributed by atoms with E-state index in [0.29, 0.717) is 5.84 Å². The fourth-order valence-corrected chi connectivity index (χ4v) is 1.44. The molecular formula is C6H8N4OS. The Morgan fingerprint density at radius 1 is 1.75 bits per heavy atom. The highest BCUT2D eigenvalue weighted by molar-refractivity contribution is 7.80. The van der Waals surface area contributed by atoms with Crippen molar-refractivity contribution in [1.82, 2.24) is 10.2 Å². The smallest absolute Gasteiger partial charge is 0.254 e. The van der Waals surface area contributed by atoms with Crippen molar-refractivity contribution in [2.24, 2.45) is 9.98 Å². The molecule has 2 rings (SSSR count). The van der Waals surface area contributed by atoms with Gasteiger partial charge in [0.25, 0.3) is 5.91 Å². The van der Waals surface area contributed by atoms with E-state index in [1.807, 2.05) is 7.05 Å². The number of amides is 1. The molecule has 0 radical (unpaired) electrons. The molecule has 2 aliphatic heterocycles. The van der Waals surface area contributed by atoms with Gasteiger partial charge in [-0.1, -0.05) is 0 Å². The van der Waals surface area contributed by atoms with E-state index in [-0.39, 0.29) is 11.4 Å². The normalized spacial score (nSPS) is 33.0. The number of carbonyl (C=O) groups is 1. The van der Waals surface area contributed by atoms with Crippen molar-refractivity contribution in [3.8, 4) is 0 Å². The van der Waals surface area contributed by atoms with Crippen LogP contribution in [0.2, 0.25) is 0 Å². The lowest BCUT2D eigenvalue weighted by atomic mass is 10.2. The number of aliphatic imine (C=N–C) groups is 2. The van der Waals surface area contributed by atoms with Crippen molar-refractivity contribution in [2.75, 3.05) is 7.05 Å². The minimum absolute atomic E-state index is 0.138. The van der Waals surface area contributed by atoms with E-state index in [4.69, 9.17) is 0 Å². The molecule has 0 aromatic heterocycles. The summed E-state index contributed by atoms with van der Waals surface area (Å²) < 4.78 is 0. The van der Waals surface area contributed by atoms with Gasteiger partial charge < -0.3 is 10.2 Å². The molecule has 2 atom stereocenters. The summed E-state index contributed by atoms with van der Waals surface area (Å²) in [4.78, 5) is 20.9. The molecule has 1 amide bonds. The SMILES string of the molecule is CN1C2=NC=N[C@@H]2C(=O)N[C@@H]1S. The summed E-state index contributed by atoms with van der Waals surface area (Å²) in [6, 6.07) is -0.460. The summed E-state index contributed by atoms with van der Waals surface area (Å²) in [6.45, 7) is 0. The Kier molecular flexibility index (Phi) is 1.57. The van der Waals surface area contributed by atoms with Crippen LogP contribution in [0.4, 0.5) is 0 Å². The molecule has 2 heterocycles. The zero-order valence-electron chi connectivity index (χ0n) is 6.43. The van der Waals surface area contributed by atoms with E-state index >= 15 is 0 Å². The van der Waals surface area contributed by atoms with Crippen LogP contribution in [0, 0.1) is 0 Å². The van der Waals surface area contributed by atoms with Gasteiger partial charge >= 0.3 is 0 Å². The van der Waals surface area contributed by atoms with Crippen LogP contribution in [0.3, 0.4) is 0 Å². The number of carbonyl (C=O) groups excluding carboxylic acids is 1. The van der Waals surface area contributed by atoms with Gasteiger partial charge in [0.05, 0.1) is 0 Å². The minimum atomic E-state index is -0.460. The van der Waals surface area contributed by atoms with Crippen LogP contribution >= 0.6 is 12.6 Å². The highest BCUT2D eigenvalue weighted by Crippen LogP contribution is 2.14. The minimum Gasteiger partial charge on any atom is -0.332 e. The van der Waals surface area contributed by atoms with Gasteiger partial charge in [0.2, 0.25) is 0 Å². The topological polar surface area (TPSA) is 57.1 Å². The summed E-state index contributed by atoms with van der Waals surface area (Å²) in [5.41, 5.74) is -0.297. The molecule has 1 fully saturated rings. The van der Waals surface area contributed by atoms with Crippen molar-refractivity contribution in [2.45, 2.75) is 11.5 Å². The second-order valence-electron chi connectivity index (χ2n) is 2.65. The van der Waals surface area contributed by atoms with Gasteiger partial charge in [0, 0.05) is 7.05 Å². The van der Waals surface area contributed by atoms with E-state index in [9.17, 15) is 4.79 Å². The molecule has 12 heavy (non-hydrogen) atoms. The van der Waals surface area contributed by atoms with E-state index < -0.39 is 6.04 Å². The summed E-state index contributed by atoms with van der Waals surface area (Å²) in [6.07, 6.45) is 1.40. The first-order valence-electron chi connectivity index (χ1n) is 3.51. The van der Waals surface area contributed by atoms with Gasteiger partial charge in [0.15, 0.2) is 6.04 Å². The third kappa shape index (κ3) is 0.911. The quantitative estimate of drug-likeness (QED) is 0.478. The highest BCUT2D eigenvalue weighted by atomic mass is 32.1. The first-order valence-corrected chi connectivity index (χ1v) is 4.02. The van der Waals surface area contributed by atoms with Crippen LogP contribution in [0.5, 0.6) is 0 Å². The van der Waals surface area contributed by atoms with Gasteiger partial charge in [-0.15, -0.1) is 12.6 Å². The maximum absolute atomic E-state index is 11.3. The average Bonchev–Trinajstić information content (AvgIpc) is 2.48. The molecule has 0 saturated carbocycles. The summed E-state index contributed by atoms with van der Waals surface area (Å²) in [5, 5.41) is 2.66. The van der Waals surface area contributed by atoms with Gasteiger partial charge in [-0.2, -0.15) is 0 Å². The van der Waals surface area contributed by atoms with Crippen molar-refractivity contribution in [1.29, 1.82) is 0 Å². The Labute approximate surface area is 75.0 Å². The molecule has 0 aliphatic carbocycles. The zero-order valence-corrected chi connectivity index (χ0v) is 7.32. The number of thiol groups is 1. The molecule has 0 aromatic carbocycles. The maximum Gasteiger partial charge on any atom is 0.254 e. The number of amidine groups is 1. The number of nitrogens with zero attached hydrogens (tertiary/aromatic N) is 3.